The van der Waals surface area contributed by atoms with Crippen molar-refractivity contribution >= 4 is 17.9 Å². The standard InChI is InChI=1S/C82H143NO8/c1-6-8-10-12-14-16-18-20-22-24-26-28-30-32-34-35-36-37-38-39-40-41-42-43-44-45-47-48-50-52-54-56-58-60-62-64-66-68-70-72-79(84)89-76-78(77-90-82(81(86)87)88-75-74-83(3,4)5)91-80(85)73-71-69-67-65-63-61-59-57-55-53-51-49-46-33-31-29-27-25-23-21-19-17-15-13-11-9-7-2/h9,11,15,17,21,23-24,26-27,29,33,46,51,53,57,59,63,65,78,82H,6-8,10,12-14,16,18-20,22,25,28,30-32,34-45,47-50,52,54-56,58,60-62,64,66-77H2,1-5H3/p+1/b11-9-,17-15-,23-21-,26-24-,29-27-,46-33-,53-51-,59-57-,65-63-. The lowest BCUT2D eigenvalue weighted by molar-refractivity contribution is -0.870. The highest BCUT2D eigenvalue weighted by atomic mass is 16.7. The van der Waals surface area contributed by atoms with Crippen molar-refractivity contribution in [3.05, 3.63) is 109 Å². The summed E-state index contributed by atoms with van der Waals surface area (Å²) in [7, 11) is 5.96. The molecular formula is C82H144NO8+. The highest BCUT2D eigenvalue weighted by molar-refractivity contribution is 5.71. The summed E-state index contributed by atoms with van der Waals surface area (Å²) in [5.74, 6) is -2.06. The Bertz CT molecular complexity index is 1870. The van der Waals surface area contributed by atoms with Crippen molar-refractivity contribution in [1.82, 2.24) is 0 Å². The van der Waals surface area contributed by atoms with Crippen molar-refractivity contribution in [2.45, 2.75) is 347 Å². The fraction of sp³-hybridized carbons (Fsp3) is 0.744. The van der Waals surface area contributed by atoms with E-state index in [0.717, 1.165) is 83.5 Å². The van der Waals surface area contributed by atoms with Gasteiger partial charge in [0.05, 0.1) is 34.4 Å². The molecule has 9 heteroatoms. The molecule has 0 aliphatic carbocycles. The first-order valence-corrected chi connectivity index (χ1v) is 38.1. The number of rotatable bonds is 70. The molecule has 0 aromatic rings. The molecule has 0 aliphatic heterocycles. The normalized spacial score (nSPS) is 13.3. The highest BCUT2D eigenvalue weighted by Gasteiger charge is 2.25. The topological polar surface area (TPSA) is 108 Å². The number of ether oxygens (including phenoxy) is 4. The summed E-state index contributed by atoms with van der Waals surface area (Å²) in [4.78, 5) is 37.6. The largest absolute Gasteiger partial charge is 0.477 e. The van der Waals surface area contributed by atoms with Crippen LogP contribution in [0.4, 0.5) is 0 Å². The second kappa shape index (κ2) is 71.8. The van der Waals surface area contributed by atoms with Crippen molar-refractivity contribution < 1.29 is 42.9 Å². The minimum absolute atomic E-state index is 0.175. The van der Waals surface area contributed by atoms with Crippen LogP contribution in [0.3, 0.4) is 0 Å². The summed E-state index contributed by atoms with van der Waals surface area (Å²) in [5, 5.41) is 9.75. The smallest absolute Gasteiger partial charge is 0.361 e. The molecule has 1 N–H and O–H groups in total. The van der Waals surface area contributed by atoms with Gasteiger partial charge in [0.2, 0.25) is 0 Å². The van der Waals surface area contributed by atoms with Gasteiger partial charge in [0, 0.05) is 12.8 Å². The second-order valence-corrected chi connectivity index (χ2v) is 26.6. The number of carbonyl (C=O) groups is 3. The van der Waals surface area contributed by atoms with Crippen LogP contribution < -0.4 is 0 Å². The SMILES string of the molecule is CC/C=C\C/C=C\C/C=C\C/C=C\C/C=C\C/C=C\C/C=C\C/C=C\CCCCC(=O)OC(COC(=O)CCCCCCCCCCCCCCCCCCCCCCCCCCCCC/C=C\CCCCCCCCCC)COC(OCC[N+](C)(C)C)C(=O)O. The van der Waals surface area contributed by atoms with Crippen LogP contribution in [0.25, 0.3) is 0 Å². The minimum Gasteiger partial charge on any atom is -0.477 e. The van der Waals surface area contributed by atoms with Crippen molar-refractivity contribution in [2.24, 2.45) is 0 Å². The number of allylic oxidation sites excluding steroid dienone is 18. The zero-order valence-electron chi connectivity index (χ0n) is 60.0. The average Bonchev–Trinajstić information content (AvgIpc) is 3.46. The van der Waals surface area contributed by atoms with E-state index in [-0.39, 0.29) is 32.2 Å². The van der Waals surface area contributed by atoms with E-state index in [1.807, 2.05) is 21.1 Å². The number of carboxylic acid groups (broad SMARTS) is 1. The van der Waals surface area contributed by atoms with Crippen LogP contribution in [0.5, 0.6) is 0 Å². The van der Waals surface area contributed by atoms with E-state index in [1.165, 1.54) is 218 Å². The summed E-state index contributed by atoms with van der Waals surface area (Å²) < 4.78 is 22.9. The number of carbonyl (C=O) groups excluding carboxylic acids is 2. The molecule has 0 bridgehead atoms. The Kier molecular flexibility index (Phi) is 68.6. The first kappa shape index (κ1) is 87.0. The molecule has 0 radical (unpaired) electrons. The molecule has 9 nitrogen and oxygen atoms in total. The van der Waals surface area contributed by atoms with Crippen LogP contribution in [-0.4, -0.2) is 87.4 Å². The fourth-order valence-corrected chi connectivity index (χ4v) is 10.7. The Labute approximate surface area is 562 Å². The second-order valence-electron chi connectivity index (χ2n) is 26.6. The molecule has 2 unspecified atom stereocenters. The number of hydrogen-bond acceptors (Lipinski definition) is 7. The van der Waals surface area contributed by atoms with Gasteiger partial charge >= 0.3 is 17.9 Å². The fourth-order valence-electron chi connectivity index (χ4n) is 10.7. The Hall–Kier alpha value is -4.05. The summed E-state index contributed by atoms with van der Waals surface area (Å²) in [6.07, 6.45) is 98.2. The summed E-state index contributed by atoms with van der Waals surface area (Å²) in [6.45, 7) is 4.74. The van der Waals surface area contributed by atoms with E-state index in [0.29, 0.717) is 23.9 Å². The maximum absolute atomic E-state index is 12.9. The molecule has 524 valence electrons. The van der Waals surface area contributed by atoms with Gasteiger partial charge in [-0.3, -0.25) is 9.59 Å². The number of esters is 2. The highest BCUT2D eigenvalue weighted by Crippen LogP contribution is 2.18. The number of quaternary nitrogens is 1. The van der Waals surface area contributed by atoms with Gasteiger partial charge < -0.3 is 28.5 Å². The van der Waals surface area contributed by atoms with E-state index in [9.17, 15) is 19.5 Å². The molecule has 91 heavy (non-hydrogen) atoms. The minimum atomic E-state index is -1.53. The Morgan fingerprint density at radius 3 is 0.967 bits per heavy atom. The number of aliphatic carboxylic acids is 1. The number of unbranched alkanes of at least 4 members (excludes halogenated alkanes) is 37. The molecule has 0 aromatic heterocycles. The van der Waals surface area contributed by atoms with E-state index in [1.54, 1.807) is 0 Å². The van der Waals surface area contributed by atoms with Crippen LogP contribution in [0.2, 0.25) is 0 Å². The maximum atomic E-state index is 12.9. The monoisotopic (exact) mass is 1270 g/mol. The van der Waals surface area contributed by atoms with Gasteiger partial charge in [-0.2, -0.15) is 0 Å². The van der Waals surface area contributed by atoms with Crippen molar-refractivity contribution in [2.75, 3.05) is 47.5 Å². The van der Waals surface area contributed by atoms with Crippen LogP contribution in [0.15, 0.2) is 109 Å². The summed E-state index contributed by atoms with van der Waals surface area (Å²) >= 11 is 0. The molecule has 0 aromatic carbocycles. The van der Waals surface area contributed by atoms with Gasteiger partial charge in [-0.15, -0.1) is 0 Å². The number of hydrogen-bond donors (Lipinski definition) is 1. The van der Waals surface area contributed by atoms with E-state index in [4.69, 9.17) is 18.9 Å². The zero-order valence-corrected chi connectivity index (χ0v) is 60.0. The molecule has 0 fully saturated rings. The predicted molar refractivity (Wildman–Crippen MR) is 392 cm³/mol. The molecule has 0 heterocycles. The van der Waals surface area contributed by atoms with Crippen molar-refractivity contribution in [3.8, 4) is 0 Å². The maximum Gasteiger partial charge on any atom is 0.361 e. The van der Waals surface area contributed by atoms with E-state index in [2.05, 4.69) is 123 Å². The Balaban J connectivity index is 4.06. The quantitative estimate of drug-likeness (QED) is 0.0211. The molecular weight excluding hydrogens is 1130 g/mol. The molecule has 0 rings (SSSR count). The van der Waals surface area contributed by atoms with Gasteiger partial charge in [0.1, 0.15) is 13.2 Å². The number of nitrogens with zero attached hydrogens (tertiary/aromatic N) is 1. The first-order chi connectivity index (χ1) is 44.6. The lowest BCUT2D eigenvalue weighted by Gasteiger charge is -2.25. The van der Waals surface area contributed by atoms with Gasteiger partial charge in [0.15, 0.2) is 6.10 Å². The predicted octanol–water partition coefficient (Wildman–Crippen LogP) is 24.1. The lowest BCUT2D eigenvalue weighted by atomic mass is 10.0. The van der Waals surface area contributed by atoms with Crippen molar-refractivity contribution in [3.63, 3.8) is 0 Å². The summed E-state index contributed by atoms with van der Waals surface area (Å²) in [6, 6.07) is 0. The van der Waals surface area contributed by atoms with Gasteiger partial charge in [-0.1, -0.05) is 329 Å². The molecule has 0 amide bonds. The van der Waals surface area contributed by atoms with Crippen LogP contribution in [-0.2, 0) is 33.3 Å². The first-order valence-electron chi connectivity index (χ1n) is 38.1. The average molecular weight is 1270 g/mol. The van der Waals surface area contributed by atoms with Crippen LogP contribution >= 0.6 is 0 Å². The molecule has 0 saturated heterocycles. The third kappa shape index (κ3) is 73.2. The Morgan fingerprint density at radius 1 is 0.341 bits per heavy atom. The number of carboxylic acids is 1. The third-order valence-electron chi connectivity index (χ3n) is 16.5. The van der Waals surface area contributed by atoms with Gasteiger partial charge in [-0.25, -0.2) is 4.79 Å². The van der Waals surface area contributed by atoms with Gasteiger partial charge in [-0.05, 0) is 103 Å². The van der Waals surface area contributed by atoms with Gasteiger partial charge in [0.25, 0.3) is 6.29 Å². The number of likely N-dealkylation sites (N-methyl/N-ethyl adjacent to an activating group) is 1. The third-order valence-corrected chi connectivity index (χ3v) is 16.5. The molecule has 2 atom stereocenters. The lowest BCUT2D eigenvalue weighted by Crippen LogP contribution is -2.40. The van der Waals surface area contributed by atoms with Crippen molar-refractivity contribution in [1.29, 1.82) is 0 Å². The van der Waals surface area contributed by atoms with Crippen LogP contribution in [0, 0.1) is 0 Å². The molecule has 0 aliphatic rings. The molecule has 0 spiro atoms. The Morgan fingerprint density at radius 2 is 0.626 bits per heavy atom. The summed E-state index contributed by atoms with van der Waals surface area (Å²) in [5.41, 5.74) is 0. The van der Waals surface area contributed by atoms with Crippen LogP contribution in [0.1, 0.15) is 335 Å². The zero-order chi connectivity index (χ0) is 66.1. The van der Waals surface area contributed by atoms with E-state index >= 15 is 0 Å². The molecule has 0 saturated carbocycles. The van der Waals surface area contributed by atoms with E-state index < -0.39 is 24.3 Å².